The van der Waals surface area contributed by atoms with Gasteiger partial charge >= 0.3 is 0 Å². The van der Waals surface area contributed by atoms with Crippen molar-refractivity contribution in [2.75, 3.05) is 39.5 Å². The zero-order valence-electron chi connectivity index (χ0n) is 11.9. The molecule has 0 aromatic carbocycles. The molecule has 0 rings (SSSR count). The van der Waals surface area contributed by atoms with Gasteiger partial charge in [-0.1, -0.05) is 6.58 Å². The van der Waals surface area contributed by atoms with Crippen molar-refractivity contribution in [1.82, 2.24) is 5.32 Å². The van der Waals surface area contributed by atoms with E-state index in [-0.39, 0.29) is 11.7 Å². The molecule has 0 radical (unpaired) electrons. The number of amides is 1. The van der Waals surface area contributed by atoms with E-state index < -0.39 is 10.1 Å². The molecule has 0 aromatic rings. The van der Waals surface area contributed by atoms with E-state index in [9.17, 15) is 17.8 Å². The minimum absolute atomic E-state index is 0.150. The Bertz CT molecular complexity index is 415. The van der Waals surface area contributed by atoms with Gasteiger partial charge in [0.1, 0.15) is 0 Å². The molecule has 0 spiro atoms. The van der Waals surface area contributed by atoms with Gasteiger partial charge in [0, 0.05) is 30.7 Å². The number of hydrogen-bond acceptors (Lipinski definition) is 4. The number of nitrogens with one attached hydrogen (secondary N) is 1. The Balaban J connectivity index is 3.85. The first-order valence-corrected chi connectivity index (χ1v) is 7.80. The van der Waals surface area contributed by atoms with Crippen LogP contribution in [-0.4, -0.2) is 62.8 Å². The van der Waals surface area contributed by atoms with E-state index in [0.29, 0.717) is 29.6 Å². The largest absolute Gasteiger partial charge is 0.748 e. The molecular weight excluding hydrogens is 268 g/mol. The lowest BCUT2D eigenvalue weighted by molar-refractivity contribution is -0.890. The van der Waals surface area contributed by atoms with Crippen LogP contribution in [0.2, 0.25) is 0 Å². The second-order valence-corrected chi connectivity index (χ2v) is 6.91. The Morgan fingerprint density at radius 3 is 2.26 bits per heavy atom. The Labute approximate surface area is 115 Å². The first-order valence-electron chi connectivity index (χ1n) is 6.23. The van der Waals surface area contributed by atoms with Crippen LogP contribution in [0.5, 0.6) is 0 Å². The third kappa shape index (κ3) is 10.7. The quantitative estimate of drug-likeness (QED) is 0.282. The van der Waals surface area contributed by atoms with E-state index in [0.717, 1.165) is 13.0 Å². The van der Waals surface area contributed by atoms with Crippen molar-refractivity contribution in [3.63, 3.8) is 0 Å². The summed E-state index contributed by atoms with van der Waals surface area (Å²) in [6.07, 6.45) is 1.15. The zero-order chi connectivity index (χ0) is 15.1. The molecule has 1 amide bonds. The van der Waals surface area contributed by atoms with Gasteiger partial charge in [0.2, 0.25) is 5.91 Å². The van der Waals surface area contributed by atoms with E-state index in [4.69, 9.17) is 0 Å². The Morgan fingerprint density at radius 1 is 1.26 bits per heavy atom. The standard InChI is InChI=1S/C12H24N2O4S/c1-11(2)12(15)13-7-5-8-14(3,4)9-6-10-19(16,17)18/h1,5-10H2,2-4H3,(H-,13,15,16,17,18). The van der Waals surface area contributed by atoms with Crippen molar-refractivity contribution in [2.24, 2.45) is 0 Å². The fourth-order valence-electron chi connectivity index (χ4n) is 1.64. The molecule has 0 heterocycles. The van der Waals surface area contributed by atoms with Gasteiger partial charge < -0.3 is 14.4 Å². The predicted molar refractivity (Wildman–Crippen MR) is 73.5 cm³/mol. The van der Waals surface area contributed by atoms with Gasteiger partial charge in [0.05, 0.1) is 37.3 Å². The van der Waals surface area contributed by atoms with Gasteiger partial charge in [-0.25, -0.2) is 8.42 Å². The fourth-order valence-corrected chi connectivity index (χ4v) is 2.12. The third-order valence-electron chi connectivity index (χ3n) is 2.77. The average Bonchev–Trinajstić information content (AvgIpc) is 2.21. The van der Waals surface area contributed by atoms with Crippen molar-refractivity contribution in [3.8, 4) is 0 Å². The summed E-state index contributed by atoms with van der Waals surface area (Å²) >= 11 is 0. The van der Waals surface area contributed by atoms with Crippen LogP contribution in [0.1, 0.15) is 19.8 Å². The van der Waals surface area contributed by atoms with Crippen molar-refractivity contribution in [1.29, 1.82) is 0 Å². The molecule has 0 aliphatic rings. The number of hydrogen-bond donors (Lipinski definition) is 1. The molecule has 0 atom stereocenters. The fraction of sp³-hybridized carbons (Fsp3) is 0.750. The molecule has 0 fully saturated rings. The van der Waals surface area contributed by atoms with E-state index in [1.807, 2.05) is 14.1 Å². The zero-order valence-corrected chi connectivity index (χ0v) is 12.8. The summed E-state index contributed by atoms with van der Waals surface area (Å²) < 4.78 is 32.1. The minimum atomic E-state index is -4.12. The van der Waals surface area contributed by atoms with Crippen molar-refractivity contribution >= 4 is 16.0 Å². The van der Waals surface area contributed by atoms with E-state index in [2.05, 4.69) is 11.9 Å². The van der Waals surface area contributed by atoms with Gasteiger partial charge in [-0.3, -0.25) is 4.79 Å². The second-order valence-electron chi connectivity index (χ2n) is 5.39. The number of rotatable bonds is 9. The maximum absolute atomic E-state index is 11.2. The number of quaternary nitrogens is 1. The molecule has 0 aromatic heterocycles. The highest BCUT2D eigenvalue weighted by atomic mass is 32.2. The Kier molecular flexibility index (Phi) is 7.25. The maximum atomic E-state index is 11.2. The Hall–Kier alpha value is -0.920. The summed E-state index contributed by atoms with van der Waals surface area (Å²) in [5.41, 5.74) is 0.481. The highest BCUT2D eigenvalue weighted by Crippen LogP contribution is 2.02. The molecule has 0 unspecified atom stereocenters. The lowest BCUT2D eigenvalue weighted by atomic mass is 10.3. The third-order valence-corrected chi connectivity index (χ3v) is 3.56. The van der Waals surface area contributed by atoms with E-state index >= 15 is 0 Å². The lowest BCUT2D eigenvalue weighted by Gasteiger charge is -2.30. The van der Waals surface area contributed by atoms with Crippen LogP contribution >= 0.6 is 0 Å². The van der Waals surface area contributed by atoms with Gasteiger partial charge in [0.15, 0.2) is 0 Å². The number of carbonyl (C=O) groups excluding carboxylic acids is 1. The van der Waals surface area contributed by atoms with Crippen LogP contribution in [0.25, 0.3) is 0 Å². The SMILES string of the molecule is C=C(C)C(=O)NCCC[N+](C)(C)CCCS(=O)(=O)[O-]. The first kappa shape index (κ1) is 18.1. The molecule has 6 nitrogen and oxygen atoms in total. The molecule has 0 aliphatic heterocycles. The summed E-state index contributed by atoms with van der Waals surface area (Å²) in [7, 11) is -0.179. The van der Waals surface area contributed by atoms with Gasteiger partial charge in [0.25, 0.3) is 0 Å². The molecular formula is C12H24N2O4S. The summed E-state index contributed by atoms with van der Waals surface area (Å²) in [6, 6.07) is 0. The van der Waals surface area contributed by atoms with E-state index in [1.165, 1.54) is 0 Å². The second kappa shape index (κ2) is 7.62. The molecule has 0 saturated heterocycles. The maximum Gasteiger partial charge on any atom is 0.246 e. The molecule has 112 valence electrons. The summed E-state index contributed by atoms with van der Waals surface area (Å²) in [6.45, 7) is 7.18. The summed E-state index contributed by atoms with van der Waals surface area (Å²) in [5, 5.41) is 2.74. The predicted octanol–water partition coefficient (Wildman–Crippen LogP) is 0.0805. The highest BCUT2D eigenvalue weighted by Gasteiger charge is 2.14. The van der Waals surface area contributed by atoms with Crippen molar-refractivity contribution < 1.29 is 22.2 Å². The van der Waals surface area contributed by atoms with E-state index in [1.54, 1.807) is 6.92 Å². The Morgan fingerprint density at radius 2 is 1.79 bits per heavy atom. The average molecular weight is 292 g/mol. The molecule has 0 saturated carbocycles. The number of carbonyl (C=O) groups is 1. The topological polar surface area (TPSA) is 86.3 Å². The smallest absolute Gasteiger partial charge is 0.246 e. The van der Waals surface area contributed by atoms with Crippen LogP contribution < -0.4 is 5.32 Å². The van der Waals surface area contributed by atoms with Gasteiger partial charge in [-0.2, -0.15) is 0 Å². The lowest BCUT2D eigenvalue weighted by Crippen LogP contribution is -2.43. The molecule has 19 heavy (non-hydrogen) atoms. The molecule has 7 heteroatoms. The molecule has 0 bridgehead atoms. The van der Waals surface area contributed by atoms with Crippen molar-refractivity contribution in [2.45, 2.75) is 19.8 Å². The minimum Gasteiger partial charge on any atom is -0.748 e. The van der Waals surface area contributed by atoms with Crippen LogP contribution in [0.3, 0.4) is 0 Å². The van der Waals surface area contributed by atoms with Crippen LogP contribution in [-0.2, 0) is 14.9 Å². The number of nitrogens with zero attached hydrogens (tertiary/aromatic N) is 1. The summed E-state index contributed by atoms with van der Waals surface area (Å²) in [5.74, 6) is -0.469. The monoisotopic (exact) mass is 292 g/mol. The summed E-state index contributed by atoms with van der Waals surface area (Å²) in [4.78, 5) is 11.2. The van der Waals surface area contributed by atoms with Gasteiger partial charge in [-0.05, 0) is 6.92 Å². The highest BCUT2D eigenvalue weighted by molar-refractivity contribution is 7.85. The normalized spacial score (nSPS) is 12.2. The van der Waals surface area contributed by atoms with Crippen LogP contribution in [0.4, 0.5) is 0 Å². The van der Waals surface area contributed by atoms with Gasteiger partial charge in [-0.15, -0.1) is 0 Å². The van der Waals surface area contributed by atoms with Crippen molar-refractivity contribution in [3.05, 3.63) is 12.2 Å². The molecule has 1 N–H and O–H groups in total. The van der Waals surface area contributed by atoms with Crippen LogP contribution in [0, 0.1) is 0 Å². The van der Waals surface area contributed by atoms with Crippen LogP contribution in [0.15, 0.2) is 12.2 Å². The molecule has 0 aliphatic carbocycles. The first-order chi connectivity index (χ1) is 8.53.